The van der Waals surface area contributed by atoms with E-state index in [1.54, 1.807) is 0 Å². The number of para-hydroxylation sites is 4. The van der Waals surface area contributed by atoms with E-state index in [1.807, 2.05) is 36.4 Å². The molecule has 0 fully saturated rings. The molecule has 2 atom stereocenters. The van der Waals surface area contributed by atoms with Crippen molar-refractivity contribution < 1.29 is 0 Å². The van der Waals surface area contributed by atoms with Crippen LogP contribution >= 0.6 is 0 Å². The molecule has 4 heterocycles. The zero-order chi connectivity index (χ0) is 53.8. The summed E-state index contributed by atoms with van der Waals surface area (Å²) in [6.07, 6.45) is 0. The van der Waals surface area contributed by atoms with Crippen LogP contribution in [0.2, 0.25) is 0 Å². The molecule has 0 amide bonds. The fraction of sp³-hybridized carbons (Fsp3) is 0.0270. The molecule has 11 aromatic carbocycles. The average molecular weight is 1050 g/mol. The van der Waals surface area contributed by atoms with Gasteiger partial charge in [0.25, 0.3) is 0 Å². The van der Waals surface area contributed by atoms with Gasteiger partial charge in [-0.2, -0.15) is 0 Å². The average Bonchev–Trinajstić information content (AvgIpc) is 2.39. The normalized spacial score (nSPS) is 14.1. The lowest BCUT2D eigenvalue weighted by molar-refractivity contribution is 0.754. The van der Waals surface area contributed by atoms with E-state index in [-0.39, 0.29) is 11.8 Å². The Morgan fingerprint density at radius 2 is 0.463 bits per heavy atom. The van der Waals surface area contributed by atoms with Crippen LogP contribution in [0.1, 0.15) is 45.2 Å². The molecule has 82 heavy (non-hydrogen) atoms. The molecule has 0 aliphatic heterocycles. The first-order valence-corrected chi connectivity index (χ1v) is 27.8. The lowest BCUT2D eigenvalue weighted by Crippen LogP contribution is -2.27. The van der Waals surface area contributed by atoms with Crippen molar-refractivity contribution in [3.63, 3.8) is 0 Å². The van der Waals surface area contributed by atoms with Crippen LogP contribution in [0.25, 0.3) is 123 Å². The Labute approximate surface area is 472 Å². The van der Waals surface area contributed by atoms with E-state index in [0.717, 1.165) is 44.8 Å². The molecule has 15 aromatic rings. The van der Waals surface area contributed by atoms with Gasteiger partial charge < -0.3 is 9.13 Å². The minimum atomic E-state index is -0.00894. The molecule has 2 unspecified atom stereocenters. The molecule has 8 nitrogen and oxygen atoms in total. The first kappa shape index (κ1) is 46.0. The van der Waals surface area contributed by atoms with Crippen molar-refractivity contribution in [2.75, 3.05) is 0 Å². The van der Waals surface area contributed by atoms with Crippen molar-refractivity contribution in [1.29, 1.82) is 0 Å². The predicted octanol–water partition coefficient (Wildman–Crippen LogP) is 17.2. The standard InChI is InChI=1S/C74H46N8/c1-3-17-45(18-4-1)69-75-71(47-31-37-51(38-32-47)81-63-27-13-9-21-53(63)54-22-10-14-28-64(54)81)79-73(77-69)49-35-41-59-61(43-49)67-57-25-7-8-26-58(57)68(59)62-44-50(36-42-60(62)67)74-78-70(46-19-5-2-6-20-46)76-72(80-74)48-33-39-52(40-34-48)82-65-29-15-11-23-55(65)56-24-12-16-30-66(56)82/h1-44,67-68H. The first-order valence-electron chi connectivity index (χ1n) is 27.8. The van der Waals surface area contributed by atoms with Crippen LogP contribution in [-0.4, -0.2) is 39.0 Å². The van der Waals surface area contributed by atoms with Crippen LogP contribution in [0.4, 0.5) is 0 Å². The van der Waals surface area contributed by atoms with E-state index in [0.29, 0.717) is 34.9 Å². The monoisotopic (exact) mass is 1050 g/mol. The summed E-state index contributed by atoms with van der Waals surface area (Å²) >= 11 is 0. The van der Waals surface area contributed by atoms with Crippen molar-refractivity contribution in [2.24, 2.45) is 0 Å². The molecule has 0 N–H and O–H groups in total. The third kappa shape index (κ3) is 7.24. The van der Waals surface area contributed by atoms with Crippen LogP contribution in [-0.2, 0) is 0 Å². The van der Waals surface area contributed by atoms with E-state index in [9.17, 15) is 0 Å². The Hall–Kier alpha value is -11.0. The van der Waals surface area contributed by atoms with Crippen LogP contribution in [0.15, 0.2) is 267 Å². The summed E-state index contributed by atoms with van der Waals surface area (Å²) in [5.74, 6) is 3.73. The number of fused-ring (bicyclic) bond motifs is 6. The van der Waals surface area contributed by atoms with Gasteiger partial charge in [-0.1, -0.05) is 182 Å². The predicted molar refractivity (Wildman–Crippen MR) is 329 cm³/mol. The maximum atomic E-state index is 5.28. The van der Waals surface area contributed by atoms with Crippen LogP contribution in [0, 0.1) is 0 Å². The van der Waals surface area contributed by atoms with Gasteiger partial charge in [0.05, 0.1) is 22.1 Å². The largest absolute Gasteiger partial charge is 0.309 e. The van der Waals surface area contributed by atoms with Gasteiger partial charge >= 0.3 is 0 Å². The Morgan fingerprint density at radius 3 is 0.805 bits per heavy atom. The van der Waals surface area contributed by atoms with Gasteiger partial charge in [-0.3, -0.25) is 0 Å². The maximum Gasteiger partial charge on any atom is 0.164 e. The van der Waals surface area contributed by atoms with E-state index in [2.05, 4.69) is 240 Å². The third-order valence-corrected chi connectivity index (χ3v) is 16.8. The molecule has 4 aromatic heterocycles. The van der Waals surface area contributed by atoms with Crippen molar-refractivity contribution in [3.05, 3.63) is 300 Å². The number of nitrogens with zero attached hydrogens (tertiary/aromatic N) is 8. The lowest BCUT2D eigenvalue weighted by Gasteiger charge is -2.42. The van der Waals surface area contributed by atoms with Gasteiger partial charge in [0.1, 0.15) is 0 Å². The molecule has 0 saturated heterocycles. The Balaban J connectivity index is 0.750. The molecule has 8 heteroatoms. The summed E-state index contributed by atoms with van der Waals surface area (Å²) < 4.78 is 4.67. The molecule has 0 spiro atoms. The maximum absolute atomic E-state index is 5.28. The van der Waals surface area contributed by atoms with Gasteiger partial charge in [0, 0.05) is 78.1 Å². The zero-order valence-corrected chi connectivity index (χ0v) is 44.1. The second-order valence-electron chi connectivity index (χ2n) is 21.4. The third-order valence-electron chi connectivity index (χ3n) is 16.8. The molecule has 0 radical (unpaired) electrons. The molecule has 18 rings (SSSR count). The number of benzene rings is 11. The SMILES string of the molecule is c1ccc(-c2nc(-c3ccc(-n4c5ccccc5c5ccccc54)cc3)nc(-c3ccc4c(c3)C3c5ccccc5C4c4cc(-c5nc(-c6ccccc6)nc(-c6ccc(-n7c8ccccc8c8ccccc87)cc6)n5)ccc43)n2)cc1. The zero-order valence-electron chi connectivity index (χ0n) is 44.1. The highest BCUT2D eigenvalue weighted by atomic mass is 15.0. The fourth-order valence-electron chi connectivity index (χ4n) is 13.1. The first-order chi connectivity index (χ1) is 40.6. The van der Waals surface area contributed by atoms with Crippen molar-refractivity contribution in [1.82, 2.24) is 39.0 Å². The quantitative estimate of drug-likeness (QED) is 0.151. The lowest BCUT2D eigenvalue weighted by atomic mass is 9.61. The summed E-state index contributed by atoms with van der Waals surface area (Å²) in [6, 6.07) is 94.6. The second kappa shape index (κ2) is 18.3. The van der Waals surface area contributed by atoms with Crippen LogP contribution in [0.3, 0.4) is 0 Å². The molecule has 0 saturated carbocycles. The number of hydrogen-bond donors (Lipinski definition) is 0. The Morgan fingerprint density at radius 1 is 0.207 bits per heavy atom. The number of rotatable bonds is 8. The summed E-state index contributed by atoms with van der Waals surface area (Å²) in [5.41, 5.74) is 20.1. The Bertz CT molecular complexity index is 4620. The van der Waals surface area contributed by atoms with Crippen molar-refractivity contribution in [3.8, 4) is 79.7 Å². The number of hydrogen-bond acceptors (Lipinski definition) is 6. The van der Waals surface area contributed by atoms with Gasteiger partial charge in [-0.25, -0.2) is 29.9 Å². The minimum absolute atomic E-state index is 0.00894. The van der Waals surface area contributed by atoms with Gasteiger partial charge in [0.2, 0.25) is 0 Å². The fourth-order valence-corrected chi connectivity index (χ4v) is 13.1. The van der Waals surface area contributed by atoms with Crippen molar-refractivity contribution >= 4 is 43.6 Å². The minimum Gasteiger partial charge on any atom is -0.309 e. The summed E-state index contributed by atoms with van der Waals surface area (Å²) in [6.45, 7) is 0. The number of aromatic nitrogens is 8. The highest BCUT2D eigenvalue weighted by Gasteiger charge is 2.41. The van der Waals surface area contributed by atoms with E-state index >= 15 is 0 Å². The molecular weight excluding hydrogens is 1000 g/mol. The molecular formula is C74H46N8. The topological polar surface area (TPSA) is 87.2 Å². The van der Waals surface area contributed by atoms with Gasteiger partial charge in [0.15, 0.2) is 34.9 Å². The van der Waals surface area contributed by atoms with Crippen LogP contribution < -0.4 is 0 Å². The summed E-state index contributed by atoms with van der Waals surface area (Å²) in [4.78, 5) is 31.3. The Kier molecular flexibility index (Phi) is 10.3. The summed E-state index contributed by atoms with van der Waals surface area (Å²) in [7, 11) is 0. The second-order valence-corrected chi connectivity index (χ2v) is 21.4. The van der Waals surface area contributed by atoms with Gasteiger partial charge in [-0.15, -0.1) is 0 Å². The smallest absolute Gasteiger partial charge is 0.164 e. The molecule has 3 aliphatic carbocycles. The molecule has 3 aliphatic rings. The van der Waals surface area contributed by atoms with Crippen molar-refractivity contribution in [2.45, 2.75) is 11.8 Å². The van der Waals surface area contributed by atoms with E-state index in [4.69, 9.17) is 29.9 Å². The van der Waals surface area contributed by atoms with E-state index in [1.165, 1.54) is 77.0 Å². The van der Waals surface area contributed by atoms with Gasteiger partial charge in [-0.05, 0) is 118 Å². The molecule has 2 bridgehead atoms. The molecule has 382 valence electrons. The van der Waals surface area contributed by atoms with E-state index < -0.39 is 0 Å². The highest BCUT2D eigenvalue weighted by molar-refractivity contribution is 6.10. The highest BCUT2D eigenvalue weighted by Crippen LogP contribution is 2.57. The van der Waals surface area contributed by atoms with Crippen LogP contribution in [0.5, 0.6) is 0 Å². The summed E-state index contributed by atoms with van der Waals surface area (Å²) in [5, 5.41) is 4.92.